The van der Waals surface area contributed by atoms with Gasteiger partial charge < -0.3 is 15.4 Å². The summed E-state index contributed by atoms with van der Waals surface area (Å²) in [6.07, 6.45) is 3.61. The van der Waals surface area contributed by atoms with Gasteiger partial charge in [-0.3, -0.25) is 4.79 Å². The summed E-state index contributed by atoms with van der Waals surface area (Å²) >= 11 is 11.9. The molecule has 0 aliphatic carbocycles. The highest BCUT2D eigenvalue weighted by Crippen LogP contribution is 2.24. The van der Waals surface area contributed by atoms with Crippen molar-refractivity contribution in [2.45, 2.75) is 6.42 Å². The van der Waals surface area contributed by atoms with Crippen molar-refractivity contribution in [3.05, 3.63) is 46.3 Å². The first-order valence-electron chi connectivity index (χ1n) is 6.91. The molecule has 1 heterocycles. The van der Waals surface area contributed by atoms with E-state index in [1.54, 1.807) is 25.3 Å². The van der Waals surface area contributed by atoms with Crippen LogP contribution in [0.15, 0.2) is 30.6 Å². The molecule has 0 saturated heterocycles. The second kappa shape index (κ2) is 8.67. The smallest absolute Gasteiger partial charge is 0.271 e. The van der Waals surface area contributed by atoms with Crippen LogP contribution in [0.3, 0.4) is 0 Å². The molecular weight excluding hydrogens is 339 g/mol. The second-order valence-corrected chi connectivity index (χ2v) is 5.55. The normalized spacial score (nSPS) is 10.4. The van der Waals surface area contributed by atoms with E-state index in [4.69, 9.17) is 27.9 Å². The molecule has 0 spiro atoms. The van der Waals surface area contributed by atoms with Crippen molar-refractivity contribution in [1.29, 1.82) is 0 Å². The van der Waals surface area contributed by atoms with E-state index in [2.05, 4.69) is 20.6 Å². The van der Waals surface area contributed by atoms with Crippen molar-refractivity contribution in [3.63, 3.8) is 0 Å². The molecule has 0 unspecified atom stereocenters. The van der Waals surface area contributed by atoms with E-state index in [1.807, 2.05) is 0 Å². The Labute approximate surface area is 144 Å². The van der Waals surface area contributed by atoms with Crippen LogP contribution >= 0.6 is 23.2 Å². The first-order chi connectivity index (χ1) is 11.1. The lowest BCUT2D eigenvalue weighted by Crippen LogP contribution is -2.26. The van der Waals surface area contributed by atoms with Crippen molar-refractivity contribution in [1.82, 2.24) is 15.3 Å². The van der Waals surface area contributed by atoms with Crippen LogP contribution < -0.4 is 10.6 Å². The van der Waals surface area contributed by atoms with E-state index in [9.17, 15) is 4.79 Å². The van der Waals surface area contributed by atoms with Crippen molar-refractivity contribution in [3.8, 4) is 0 Å². The highest BCUT2D eigenvalue weighted by Gasteiger charge is 2.07. The summed E-state index contributed by atoms with van der Waals surface area (Å²) in [7, 11) is 1.62. The summed E-state index contributed by atoms with van der Waals surface area (Å²) in [5, 5.41) is 6.79. The molecule has 1 aromatic carbocycles. The van der Waals surface area contributed by atoms with Crippen molar-refractivity contribution < 1.29 is 9.53 Å². The number of carbonyl (C=O) groups excluding carboxylic acids is 1. The first kappa shape index (κ1) is 17.5. The Bertz CT molecular complexity index is 645. The Kier molecular flexibility index (Phi) is 6.58. The zero-order valence-corrected chi connectivity index (χ0v) is 14.0. The minimum Gasteiger partial charge on any atom is -0.385 e. The molecule has 8 heteroatoms. The molecule has 122 valence electrons. The second-order valence-electron chi connectivity index (χ2n) is 4.67. The molecule has 0 atom stereocenters. The predicted octanol–water partition coefficient (Wildman–Crippen LogP) is 3.29. The van der Waals surface area contributed by atoms with Crippen molar-refractivity contribution in [2.24, 2.45) is 0 Å². The zero-order valence-electron chi connectivity index (χ0n) is 12.5. The molecule has 0 bridgehead atoms. The number of ether oxygens (including phenoxy) is 1. The van der Waals surface area contributed by atoms with Gasteiger partial charge in [0.2, 0.25) is 0 Å². The van der Waals surface area contributed by atoms with Gasteiger partial charge in [-0.15, -0.1) is 0 Å². The molecular formula is C15H16Cl2N4O2. The number of hydrogen-bond acceptors (Lipinski definition) is 5. The maximum absolute atomic E-state index is 11.9. The number of carbonyl (C=O) groups is 1. The van der Waals surface area contributed by atoms with Crippen LogP contribution in [0, 0.1) is 0 Å². The number of benzene rings is 1. The van der Waals surface area contributed by atoms with Gasteiger partial charge in [-0.25, -0.2) is 9.97 Å². The zero-order chi connectivity index (χ0) is 16.7. The number of hydrogen-bond donors (Lipinski definition) is 2. The third kappa shape index (κ3) is 5.67. The number of halogens is 2. The molecule has 0 aliphatic heterocycles. The molecule has 1 amide bonds. The Hall–Kier alpha value is -1.89. The molecule has 0 aliphatic rings. The summed E-state index contributed by atoms with van der Waals surface area (Å²) in [5.74, 6) is 0.213. The van der Waals surface area contributed by atoms with Gasteiger partial charge in [0, 0.05) is 36.0 Å². The minimum atomic E-state index is -0.272. The molecule has 6 nitrogen and oxygen atoms in total. The maximum atomic E-state index is 11.9. The summed E-state index contributed by atoms with van der Waals surface area (Å²) < 4.78 is 4.91. The fourth-order valence-corrected chi connectivity index (χ4v) is 2.32. The van der Waals surface area contributed by atoms with Gasteiger partial charge in [-0.1, -0.05) is 23.2 Å². The summed E-state index contributed by atoms with van der Waals surface area (Å²) in [5.41, 5.74) is 0.936. The van der Waals surface area contributed by atoms with Gasteiger partial charge in [0.1, 0.15) is 11.5 Å². The first-order valence-corrected chi connectivity index (χ1v) is 7.66. The van der Waals surface area contributed by atoms with Crippen LogP contribution in [-0.4, -0.2) is 36.1 Å². The SMILES string of the molecule is COCCCNC(=O)c1cnc(Nc2cc(Cl)cc(Cl)c2)cn1. The average molecular weight is 355 g/mol. The van der Waals surface area contributed by atoms with Gasteiger partial charge in [-0.05, 0) is 24.6 Å². The molecule has 0 fully saturated rings. The minimum absolute atomic E-state index is 0.247. The molecule has 2 rings (SSSR count). The topological polar surface area (TPSA) is 76.1 Å². The summed E-state index contributed by atoms with van der Waals surface area (Å²) in [6, 6.07) is 5.06. The summed E-state index contributed by atoms with van der Waals surface area (Å²) in [4.78, 5) is 20.1. The fraction of sp³-hybridized carbons (Fsp3) is 0.267. The molecule has 2 aromatic rings. The highest BCUT2D eigenvalue weighted by molar-refractivity contribution is 6.35. The lowest BCUT2D eigenvalue weighted by Gasteiger charge is -2.07. The van der Waals surface area contributed by atoms with Crippen molar-refractivity contribution >= 4 is 40.6 Å². The Morgan fingerprint density at radius 2 is 1.91 bits per heavy atom. The van der Waals surface area contributed by atoms with Crippen LogP contribution in [-0.2, 0) is 4.74 Å². The molecule has 0 saturated carbocycles. The summed E-state index contributed by atoms with van der Waals surface area (Å²) in [6.45, 7) is 1.12. The van der Waals surface area contributed by atoms with E-state index in [0.717, 1.165) is 6.42 Å². The number of anilines is 2. The fourth-order valence-electron chi connectivity index (χ4n) is 1.79. The third-order valence-corrected chi connectivity index (χ3v) is 3.27. The Balaban J connectivity index is 1.95. The van der Waals surface area contributed by atoms with Gasteiger partial charge in [0.25, 0.3) is 5.91 Å². The van der Waals surface area contributed by atoms with E-state index >= 15 is 0 Å². The van der Waals surface area contributed by atoms with Crippen LogP contribution in [0.25, 0.3) is 0 Å². The van der Waals surface area contributed by atoms with Crippen LogP contribution in [0.4, 0.5) is 11.5 Å². The largest absolute Gasteiger partial charge is 0.385 e. The van der Waals surface area contributed by atoms with Crippen LogP contribution in [0.1, 0.15) is 16.9 Å². The van der Waals surface area contributed by atoms with Crippen LogP contribution in [0.2, 0.25) is 10.0 Å². The molecule has 1 aromatic heterocycles. The quantitative estimate of drug-likeness (QED) is 0.746. The molecule has 0 radical (unpaired) electrons. The molecule has 2 N–H and O–H groups in total. The van der Waals surface area contributed by atoms with Crippen molar-refractivity contribution in [2.75, 3.05) is 25.6 Å². The van der Waals surface area contributed by atoms with E-state index < -0.39 is 0 Å². The number of nitrogens with zero attached hydrogens (tertiary/aromatic N) is 2. The number of rotatable bonds is 7. The maximum Gasteiger partial charge on any atom is 0.271 e. The van der Waals surface area contributed by atoms with Gasteiger partial charge in [0.15, 0.2) is 0 Å². The Morgan fingerprint density at radius 3 is 2.52 bits per heavy atom. The number of aromatic nitrogens is 2. The molecule has 23 heavy (non-hydrogen) atoms. The predicted molar refractivity (Wildman–Crippen MR) is 90.6 cm³/mol. The standard InChI is InChI=1S/C15H16Cl2N4O2/c1-23-4-2-3-18-15(22)13-8-20-14(9-19-13)21-12-6-10(16)5-11(17)7-12/h5-9H,2-4H2,1H3,(H,18,22)(H,20,21). The van der Waals surface area contributed by atoms with Crippen LogP contribution in [0.5, 0.6) is 0 Å². The van der Waals surface area contributed by atoms with E-state index in [0.29, 0.717) is 34.7 Å². The van der Waals surface area contributed by atoms with E-state index in [1.165, 1.54) is 12.4 Å². The number of methoxy groups -OCH3 is 1. The monoisotopic (exact) mass is 354 g/mol. The van der Waals surface area contributed by atoms with Gasteiger partial charge in [-0.2, -0.15) is 0 Å². The van der Waals surface area contributed by atoms with Gasteiger partial charge in [0.05, 0.1) is 12.4 Å². The van der Waals surface area contributed by atoms with Gasteiger partial charge >= 0.3 is 0 Å². The number of amides is 1. The third-order valence-electron chi connectivity index (χ3n) is 2.83. The Morgan fingerprint density at radius 1 is 1.17 bits per heavy atom. The highest BCUT2D eigenvalue weighted by atomic mass is 35.5. The lowest BCUT2D eigenvalue weighted by molar-refractivity contribution is 0.0943. The lowest BCUT2D eigenvalue weighted by atomic mass is 10.3. The number of nitrogens with one attached hydrogen (secondary N) is 2. The van der Waals surface area contributed by atoms with E-state index in [-0.39, 0.29) is 11.6 Å². The average Bonchev–Trinajstić information content (AvgIpc) is 2.51.